The second-order valence-electron chi connectivity index (χ2n) is 11.7. The second-order valence-corrected chi connectivity index (χ2v) is 11.7. The van der Waals surface area contributed by atoms with Gasteiger partial charge in [-0.25, -0.2) is 0 Å². The quantitative estimate of drug-likeness (QED) is 0.549. The van der Waals surface area contributed by atoms with Gasteiger partial charge in [0.1, 0.15) is 0 Å². The molecule has 4 amide bonds. The van der Waals surface area contributed by atoms with Gasteiger partial charge >= 0.3 is 0 Å². The van der Waals surface area contributed by atoms with E-state index in [0.29, 0.717) is 6.42 Å². The van der Waals surface area contributed by atoms with Crippen molar-refractivity contribution < 1.29 is 19.2 Å². The van der Waals surface area contributed by atoms with Crippen molar-refractivity contribution >= 4 is 34.8 Å². The molecular weight excluding hydrogens is 476 g/mol. The molecule has 6 heteroatoms. The van der Waals surface area contributed by atoms with E-state index in [1.165, 1.54) is 9.80 Å². The first-order valence-corrected chi connectivity index (χ1v) is 13.8. The molecule has 5 aliphatic rings. The van der Waals surface area contributed by atoms with E-state index in [9.17, 15) is 19.2 Å². The average molecular weight is 511 g/mol. The van der Waals surface area contributed by atoms with Gasteiger partial charge < -0.3 is 0 Å². The highest BCUT2D eigenvalue weighted by Gasteiger charge is 2.77. The van der Waals surface area contributed by atoms with Crippen molar-refractivity contribution in [1.82, 2.24) is 9.80 Å². The Balaban J connectivity index is 1.75. The molecule has 0 N–H and O–H groups in total. The van der Waals surface area contributed by atoms with Crippen LogP contribution in [0, 0.1) is 35.0 Å². The van der Waals surface area contributed by atoms with Crippen LogP contribution in [-0.4, -0.2) is 45.5 Å². The van der Waals surface area contributed by atoms with E-state index in [-0.39, 0.29) is 35.7 Å². The third-order valence-corrected chi connectivity index (χ3v) is 9.49. The molecular formula is C32H34N2O4. The molecule has 2 aliphatic heterocycles. The highest BCUT2D eigenvalue weighted by atomic mass is 16.2. The maximum Gasteiger partial charge on any atom is 0.234 e. The smallest absolute Gasteiger partial charge is 0.234 e. The number of hydrogen-bond donors (Lipinski definition) is 0. The summed E-state index contributed by atoms with van der Waals surface area (Å²) in [6, 6.07) is 19.3. The fourth-order valence-corrected chi connectivity index (χ4v) is 8.36. The Morgan fingerprint density at radius 1 is 0.632 bits per heavy atom. The molecule has 0 aromatic heterocycles. The molecule has 3 fully saturated rings. The zero-order valence-corrected chi connectivity index (χ0v) is 22.5. The molecule has 0 unspecified atom stereocenters. The van der Waals surface area contributed by atoms with Crippen molar-refractivity contribution in [1.29, 1.82) is 0 Å². The third kappa shape index (κ3) is 2.89. The van der Waals surface area contributed by atoms with Gasteiger partial charge in [0.05, 0.1) is 23.7 Å². The monoisotopic (exact) mass is 510 g/mol. The van der Waals surface area contributed by atoms with Crippen molar-refractivity contribution in [2.45, 2.75) is 53.1 Å². The van der Waals surface area contributed by atoms with Crippen molar-refractivity contribution in [2.75, 3.05) is 0 Å². The Bertz CT molecular complexity index is 1320. The summed E-state index contributed by atoms with van der Waals surface area (Å²) in [6.07, 6.45) is 0.471. The summed E-state index contributed by atoms with van der Waals surface area (Å²) in [7, 11) is 0. The Morgan fingerprint density at radius 2 is 1.05 bits per heavy atom. The zero-order chi connectivity index (χ0) is 27.1. The summed E-state index contributed by atoms with van der Waals surface area (Å²) in [6.45, 7) is 9.44. The van der Waals surface area contributed by atoms with Crippen molar-refractivity contribution in [3.63, 3.8) is 0 Å². The average Bonchev–Trinajstić information content (AvgIpc) is 3.35. The number of rotatable bonds is 5. The summed E-state index contributed by atoms with van der Waals surface area (Å²) in [4.78, 5) is 59.5. The number of carbonyl (C=O) groups is 4. The van der Waals surface area contributed by atoms with Crippen LogP contribution in [0.1, 0.15) is 52.2 Å². The van der Waals surface area contributed by atoms with Crippen LogP contribution in [0.25, 0.3) is 11.1 Å². The SMILES string of the molecule is CCC12C(c3ccccc3)=C(c3ccccc3)C([C@@H]3C(=O)N(C(C)C)C(=O)[C@@H]31)[C@@H]1C(=O)N(C(C)C)C(=O)[C@@H]12. The van der Waals surface area contributed by atoms with Crippen LogP contribution in [0.2, 0.25) is 0 Å². The molecule has 7 rings (SSSR count). The number of nitrogens with zero attached hydrogens (tertiary/aromatic N) is 2. The lowest BCUT2D eigenvalue weighted by molar-refractivity contribution is -0.146. The Morgan fingerprint density at radius 3 is 1.45 bits per heavy atom. The van der Waals surface area contributed by atoms with Gasteiger partial charge in [0.2, 0.25) is 23.6 Å². The van der Waals surface area contributed by atoms with Gasteiger partial charge in [0.25, 0.3) is 0 Å². The minimum Gasteiger partial charge on any atom is -0.280 e. The minimum atomic E-state index is -0.983. The lowest BCUT2D eigenvalue weighted by Gasteiger charge is -2.59. The van der Waals surface area contributed by atoms with Gasteiger partial charge in [0, 0.05) is 23.4 Å². The molecule has 2 saturated heterocycles. The van der Waals surface area contributed by atoms with E-state index in [0.717, 1.165) is 22.3 Å². The maximum atomic E-state index is 14.2. The largest absolute Gasteiger partial charge is 0.280 e. The highest BCUT2D eigenvalue weighted by molar-refractivity contribution is 6.17. The first-order chi connectivity index (χ1) is 18.2. The molecule has 0 radical (unpaired) electrons. The molecule has 196 valence electrons. The number of allylic oxidation sites excluding steroid dienone is 2. The summed E-state index contributed by atoms with van der Waals surface area (Å²) in [5, 5.41) is 0. The predicted octanol–water partition coefficient (Wildman–Crippen LogP) is 4.66. The fraction of sp³-hybridized carbons (Fsp3) is 0.438. The van der Waals surface area contributed by atoms with Gasteiger partial charge in [0.15, 0.2) is 0 Å². The summed E-state index contributed by atoms with van der Waals surface area (Å²) in [5.41, 5.74) is 2.81. The van der Waals surface area contributed by atoms with Gasteiger partial charge in [-0.05, 0) is 56.4 Å². The normalized spacial score (nSPS) is 32.2. The molecule has 2 aromatic rings. The first-order valence-electron chi connectivity index (χ1n) is 13.8. The van der Waals surface area contributed by atoms with Gasteiger partial charge in [-0.2, -0.15) is 0 Å². The van der Waals surface area contributed by atoms with Crippen LogP contribution < -0.4 is 0 Å². The highest BCUT2D eigenvalue weighted by Crippen LogP contribution is 2.73. The zero-order valence-electron chi connectivity index (χ0n) is 22.5. The van der Waals surface area contributed by atoms with Gasteiger partial charge in [-0.15, -0.1) is 0 Å². The van der Waals surface area contributed by atoms with E-state index < -0.39 is 35.0 Å². The van der Waals surface area contributed by atoms with E-state index in [1.807, 2.05) is 95.3 Å². The van der Waals surface area contributed by atoms with E-state index >= 15 is 0 Å². The van der Waals surface area contributed by atoms with E-state index in [1.54, 1.807) is 0 Å². The lowest BCUT2D eigenvalue weighted by Crippen LogP contribution is -2.60. The molecule has 4 atom stereocenters. The number of imide groups is 2. The third-order valence-electron chi connectivity index (χ3n) is 9.49. The van der Waals surface area contributed by atoms with Crippen LogP contribution in [0.5, 0.6) is 0 Å². The van der Waals surface area contributed by atoms with Crippen molar-refractivity contribution in [3.8, 4) is 0 Å². The Hall–Kier alpha value is -3.54. The van der Waals surface area contributed by atoms with E-state index in [2.05, 4.69) is 0 Å². The minimum absolute atomic E-state index is 0.205. The topological polar surface area (TPSA) is 74.8 Å². The molecule has 1 saturated carbocycles. The van der Waals surface area contributed by atoms with Crippen LogP contribution in [-0.2, 0) is 19.2 Å². The van der Waals surface area contributed by atoms with Crippen molar-refractivity contribution in [3.05, 3.63) is 71.8 Å². The predicted molar refractivity (Wildman–Crippen MR) is 144 cm³/mol. The fourth-order valence-electron chi connectivity index (χ4n) is 8.36. The molecule has 2 bridgehead atoms. The molecule has 2 heterocycles. The lowest BCUT2D eigenvalue weighted by atomic mass is 9.40. The Kier molecular flexibility index (Phi) is 5.53. The summed E-state index contributed by atoms with van der Waals surface area (Å²) >= 11 is 0. The summed E-state index contributed by atoms with van der Waals surface area (Å²) in [5.74, 6) is -4.08. The standard InChI is InChI=1S/C32H34N2O4/c1-6-32-25(20-15-11-8-12-16-20)21(19-13-9-7-10-14-19)22(23-26(32)30(37)33(17(2)3)28(23)35)24-27(32)31(38)34(18(4)5)29(24)36/h7-18,22-24,26-27H,6H2,1-5H3/t22?,23-,24-,26+,27+,32?/m0/s1. The summed E-state index contributed by atoms with van der Waals surface area (Å²) < 4.78 is 0. The number of amides is 4. The van der Waals surface area contributed by atoms with Gasteiger partial charge in [-0.1, -0.05) is 67.6 Å². The molecule has 38 heavy (non-hydrogen) atoms. The number of carbonyl (C=O) groups excluding carboxylic acids is 4. The second kappa shape index (κ2) is 8.48. The maximum absolute atomic E-state index is 14.2. The first kappa shape index (κ1) is 24.8. The van der Waals surface area contributed by atoms with Crippen LogP contribution in [0.15, 0.2) is 60.7 Å². The number of likely N-dealkylation sites (tertiary alicyclic amines) is 2. The molecule has 0 spiro atoms. The van der Waals surface area contributed by atoms with Gasteiger partial charge in [-0.3, -0.25) is 29.0 Å². The number of hydrogen-bond acceptors (Lipinski definition) is 4. The van der Waals surface area contributed by atoms with Crippen molar-refractivity contribution in [2.24, 2.45) is 35.0 Å². The number of benzene rings is 2. The van der Waals surface area contributed by atoms with Crippen LogP contribution in [0.4, 0.5) is 0 Å². The van der Waals surface area contributed by atoms with E-state index in [4.69, 9.17) is 0 Å². The van der Waals surface area contributed by atoms with Crippen LogP contribution in [0.3, 0.4) is 0 Å². The Labute approximate surface area is 223 Å². The molecule has 3 aliphatic carbocycles. The molecule has 2 aromatic carbocycles. The molecule has 6 nitrogen and oxygen atoms in total. The van der Waals surface area contributed by atoms with Crippen LogP contribution >= 0.6 is 0 Å².